The first-order valence-electron chi connectivity index (χ1n) is 9.96. The lowest BCUT2D eigenvalue weighted by atomic mass is 10.1. The van der Waals surface area contributed by atoms with Gasteiger partial charge in [-0.3, -0.25) is 9.69 Å². The van der Waals surface area contributed by atoms with Gasteiger partial charge in [0.05, 0.1) is 27.9 Å². The number of hydrogen-bond acceptors (Lipinski definition) is 5. The Morgan fingerprint density at radius 3 is 2.50 bits per heavy atom. The highest BCUT2D eigenvalue weighted by Gasteiger charge is 2.27. The predicted octanol–water partition coefficient (Wildman–Crippen LogP) is 3.66. The molecule has 3 rings (SSSR count). The van der Waals surface area contributed by atoms with Gasteiger partial charge in [0.15, 0.2) is 11.5 Å². The number of nitrogens with one attached hydrogen (secondary N) is 1. The predicted molar refractivity (Wildman–Crippen MR) is 117 cm³/mol. The van der Waals surface area contributed by atoms with Crippen LogP contribution in [0.5, 0.6) is 17.2 Å². The zero-order valence-corrected chi connectivity index (χ0v) is 17.7. The summed E-state index contributed by atoms with van der Waals surface area (Å²) in [7, 11) is 4.62. The van der Waals surface area contributed by atoms with Gasteiger partial charge in [-0.1, -0.05) is 30.2 Å². The number of aryl methyl sites for hydroxylation is 1. The number of hydrogen-bond donors (Lipinski definition) is 1. The van der Waals surface area contributed by atoms with Crippen LogP contribution in [0.15, 0.2) is 36.4 Å². The minimum atomic E-state index is -0.0995. The standard InChI is InChI=1S/C24H28N2O4/c1-5-13-26(20-11-10-17-8-6-7-9-19(17)20)14-12-23(27)25-18-15-21(28-2)24(30-4)22(16-18)29-3/h1,6-9,15-16,20H,10-14H2,2-4H3,(H,25,27). The first-order valence-corrected chi connectivity index (χ1v) is 9.96. The second-order valence-electron chi connectivity index (χ2n) is 7.14. The van der Waals surface area contributed by atoms with E-state index in [2.05, 4.69) is 40.4 Å². The summed E-state index contributed by atoms with van der Waals surface area (Å²) in [6.07, 6.45) is 8.00. The molecule has 1 atom stereocenters. The maximum absolute atomic E-state index is 12.6. The number of carbonyl (C=O) groups is 1. The summed E-state index contributed by atoms with van der Waals surface area (Å²) in [6, 6.07) is 12.1. The molecule has 1 amide bonds. The fourth-order valence-electron chi connectivity index (χ4n) is 4.00. The number of benzene rings is 2. The van der Waals surface area contributed by atoms with E-state index in [1.165, 1.54) is 11.1 Å². The van der Waals surface area contributed by atoms with Gasteiger partial charge in [0, 0.05) is 36.8 Å². The van der Waals surface area contributed by atoms with E-state index in [9.17, 15) is 4.79 Å². The molecule has 0 fully saturated rings. The summed E-state index contributed by atoms with van der Waals surface area (Å²) >= 11 is 0. The third kappa shape index (κ3) is 4.69. The molecule has 2 aromatic rings. The van der Waals surface area contributed by atoms with Crippen LogP contribution in [0.1, 0.15) is 30.0 Å². The van der Waals surface area contributed by atoms with Gasteiger partial charge in [-0.2, -0.15) is 0 Å². The molecule has 6 nitrogen and oxygen atoms in total. The second kappa shape index (κ2) is 10.0. The van der Waals surface area contributed by atoms with Crippen LogP contribution in [0.4, 0.5) is 5.69 Å². The van der Waals surface area contributed by atoms with E-state index in [1.807, 2.05) is 0 Å². The minimum absolute atomic E-state index is 0.0995. The molecule has 0 aromatic heterocycles. The topological polar surface area (TPSA) is 60.0 Å². The highest BCUT2D eigenvalue weighted by atomic mass is 16.5. The number of carbonyl (C=O) groups excluding carboxylic acids is 1. The number of methoxy groups -OCH3 is 3. The van der Waals surface area contributed by atoms with Crippen molar-refractivity contribution in [3.63, 3.8) is 0 Å². The Morgan fingerprint density at radius 2 is 1.87 bits per heavy atom. The number of terminal acetylenes is 1. The molecule has 1 N–H and O–H groups in total. The fraction of sp³-hybridized carbons (Fsp3) is 0.375. The van der Waals surface area contributed by atoms with Crippen molar-refractivity contribution in [2.75, 3.05) is 39.7 Å². The molecule has 6 heteroatoms. The monoisotopic (exact) mass is 408 g/mol. The summed E-state index contributed by atoms with van der Waals surface area (Å²) in [5.74, 6) is 4.10. The molecule has 0 heterocycles. The summed E-state index contributed by atoms with van der Waals surface area (Å²) in [5, 5.41) is 2.92. The molecule has 0 aliphatic heterocycles. The van der Waals surface area contributed by atoms with E-state index in [1.54, 1.807) is 33.5 Å². The summed E-state index contributed by atoms with van der Waals surface area (Å²) in [4.78, 5) is 14.8. The summed E-state index contributed by atoms with van der Waals surface area (Å²) in [6.45, 7) is 1.09. The smallest absolute Gasteiger partial charge is 0.225 e. The lowest BCUT2D eigenvalue weighted by Crippen LogP contribution is -2.31. The van der Waals surface area contributed by atoms with Gasteiger partial charge in [-0.25, -0.2) is 0 Å². The zero-order valence-electron chi connectivity index (χ0n) is 17.7. The zero-order chi connectivity index (χ0) is 21.5. The van der Waals surface area contributed by atoms with Crippen molar-refractivity contribution in [3.8, 4) is 29.6 Å². The molecule has 1 aliphatic rings. The Labute approximate surface area is 178 Å². The van der Waals surface area contributed by atoms with E-state index in [0.717, 1.165) is 12.8 Å². The number of ether oxygens (including phenoxy) is 3. The maximum Gasteiger partial charge on any atom is 0.225 e. The van der Waals surface area contributed by atoms with Gasteiger partial charge in [-0.05, 0) is 24.0 Å². The molecule has 158 valence electrons. The Hall–Kier alpha value is -3.17. The van der Waals surface area contributed by atoms with Crippen LogP contribution < -0.4 is 19.5 Å². The van der Waals surface area contributed by atoms with Crippen molar-refractivity contribution in [3.05, 3.63) is 47.5 Å². The lowest BCUT2D eigenvalue weighted by Gasteiger charge is -2.27. The number of fused-ring (bicyclic) bond motifs is 1. The molecular formula is C24H28N2O4. The molecule has 0 saturated heterocycles. The van der Waals surface area contributed by atoms with E-state index < -0.39 is 0 Å². The first kappa shape index (κ1) is 21.5. The molecule has 1 aliphatic carbocycles. The SMILES string of the molecule is C#CCN(CCC(=O)Nc1cc(OC)c(OC)c(OC)c1)C1CCc2ccccc21. The highest BCUT2D eigenvalue weighted by Crippen LogP contribution is 2.40. The summed E-state index contributed by atoms with van der Waals surface area (Å²) < 4.78 is 16.0. The molecule has 0 spiro atoms. The Kier molecular flexibility index (Phi) is 7.21. The van der Waals surface area contributed by atoms with Crippen LogP contribution in [0.2, 0.25) is 0 Å². The van der Waals surface area contributed by atoms with Gasteiger partial charge in [-0.15, -0.1) is 6.42 Å². The average molecular weight is 408 g/mol. The molecule has 0 saturated carbocycles. The Balaban J connectivity index is 1.67. The van der Waals surface area contributed by atoms with Crippen molar-refractivity contribution in [2.45, 2.75) is 25.3 Å². The highest BCUT2D eigenvalue weighted by molar-refractivity contribution is 5.91. The van der Waals surface area contributed by atoms with E-state index >= 15 is 0 Å². The van der Waals surface area contributed by atoms with Crippen molar-refractivity contribution in [1.29, 1.82) is 0 Å². The van der Waals surface area contributed by atoms with E-state index in [0.29, 0.717) is 42.4 Å². The van der Waals surface area contributed by atoms with Crippen molar-refractivity contribution in [2.24, 2.45) is 0 Å². The maximum atomic E-state index is 12.6. The van der Waals surface area contributed by atoms with Gasteiger partial charge in [0.2, 0.25) is 11.7 Å². The molecule has 0 radical (unpaired) electrons. The van der Waals surface area contributed by atoms with E-state index in [4.69, 9.17) is 20.6 Å². The van der Waals surface area contributed by atoms with E-state index in [-0.39, 0.29) is 11.9 Å². The van der Waals surface area contributed by atoms with Crippen molar-refractivity contribution >= 4 is 11.6 Å². The number of amides is 1. The number of anilines is 1. The van der Waals surface area contributed by atoms with Crippen molar-refractivity contribution < 1.29 is 19.0 Å². The van der Waals surface area contributed by atoms with Crippen LogP contribution in [-0.2, 0) is 11.2 Å². The van der Waals surface area contributed by atoms with Gasteiger partial charge < -0.3 is 19.5 Å². The van der Waals surface area contributed by atoms with Crippen LogP contribution in [0.3, 0.4) is 0 Å². The van der Waals surface area contributed by atoms with Crippen LogP contribution in [-0.4, -0.2) is 45.2 Å². The van der Waals surface area contributed by atoms with Crippen LogP contribution in [0.25, 0.3) is 0 Å². The number of rotatable bonds is 9. The van der Waals surface area contributed by atoms with Crippen LogP contribution >= 0.6 is 0 Å². The Morgan fingerprint density at radius 1 is 1.17 bits per heavy atom. The third-order valence-electron chi connectivity index (χ3n) is 5.41. The van der Waals surface area contributed by atoms with Crippen molar-refractivity contribution in [1.82, 2.24) is 4.90 Å². The quantitative estimate of drug-likeness (QED) is 0.642. The fourth-order valence-corrected chi connectivity index (χ4v) is 4.00. The molecule has 2 aromatic carbocycles. The van der Waals surface area contributed by atoms with Crippen LogP contribution in [0, 0.1) is 12.3 Å². The molecule has 30 heavy (non-hydrogen) atoms. The van der Waals surface area contributed by atoms with Gasteiger partial charge in [0.25, 0.3) is 0 Å². The minimum Gasteiger partial charge on any atom is -0.493 e. The summed E-state index contributed by atoms with van der Waals surface area (Å²) in [5.41, 5.74) is 3.27. The third-order valence-corrected chi connectivity index (χ3v) is 5.41. The lowest BCUT2D eigenvalue weighted by molar-refractivity contribution is -0.116. The number of nitrogens with zero attached hydrogens (tertiary/aromatic N) is 1. The first-order chi connectivity index (χ1) is 14.6. The largest absolute Gasteiger partial charge is 0.493 e. The average Bonchev–Trinajstić information content (AvgIpc) is 3.20. The van der Waals surface area contributed by atoms with Gasteiger partial charge >= 0.3 is 0 Å². The van der Waals surface area contributed by atoms with Gasteiger partial charge in [0.1, 0.15) is 0 Å². The Bertz CT molecular complexity index is 910. The molecular weight excluding hydrogens is 380 g/mol. The second-order valence-corrected chi connectivity index (χ2v) is 7.14. The normalized spacial score (nSPS) is 14.7. The molecule has 0 bridgehead atoms. The molecule has 1 unspecified atom stereocenters.